The number of ether oxygens (including phenoxy) is 2. The Kier molecular flexibility index (Phi) is 2.00. The quantitative estimate of drug-likeness (QED) is 0.724. The fourth-order valence-electron chi connectivity index (χ4n) is 1.68. The molecule has 0 N–H and O–H groups in total. The fraction of sp³-hybridized carbons (Fsp3) is 0.273. The van der Waals surface area contributed by atoms with E-state index in [4.69, 9.17) is 9.47 Å². The zero-order valence-electron chi connectivity index (χ0n) is 8.61. The van der Waals surface area contributed by atoms with E-state index in [9.17, 15) is 4.39 Å². The summed E-state index contributed by atoms with van der Waals surface area (Å²) in [5.74, 6) is 0.0672. The van der Waals surface area contributed by atoms with Crippen molar-refractivity contribution in [3.63, 3.8) is 0 Å². The van der Waals surface area contributed by atoms with Gasteiger partial charge in [-0.05, 0) is 6.07 Å². The zero-order chi connectivity index (χ0) is 11.1. The van der Waals surface area contributed by atoms with Gasteiger partial charge in [0.2, 0.25) is 5.88 Å². The number of rotatable bonds is 2. The summed E-state index contributed by atoms with van der Waals surface area (Å²) >= 11 is 0. The summed E-state index contributed by atoms with van der Waals surface area (Å²) in [5, 5.41) is 0. The standard InChI is InChI=1S/C11H9FN2O2/c1-15-9-3-2-7-11(14-9)10(8-5-16-8)6(12)4-13-7/h2-4,8H,5H2,1H3/t8-/m0/s1. The van der Waals surface area contributed by atoms with Gasteiger partial charge in [0.15, 0.2) is 0 Å². The highest BCUT2D eigenvalue weighted by atomic mass is 19.1. The molecule has 0 aromatic carbocycles. The van der Waals surface area contributed by atoms with Gasteiger partial charge in [-0.3, -0.25) is 4.98 Å². The summed E-state index contributed by atoms with van der Waals surface area (Å²) in [4.78, 5) is 8.19. The number of pyridine rings is 2. The van der Waals surface area contributed by atoms with Crippen molar-refractivity contribution in [2.24, 2.45) is 0 Å². The molecule has 3 heterocycles. The SMILES string of the molecule is COc1ccc2ncc(F)c([C@@H]3CO3)c2n1. The first kappa shape index (κ1) is 9.47. The molecule has 0 spiro atoms. The Labute approximate surface area is 91.0 Å². The minimum atomic E-state index is -0.379. The molecule has 0 saturated carbocycles. The van der Waals surface area contributed by atoms with Gasteiger partial charge in [-0.15, -0.1) is 0 Å². The van der Waals surface area contributed by atoms with Gasteiger partial charge in [-0.1, -0.05) is 0 Å². The highest BCUT2D eigenvalue weighted by Crippen LogP contribution is 2.35. The highest BCUT2D eigenvalue weighted by molar-refractivity contribution is 5.79. The number of epoxide rings is 1. The lowest BCUT2D eigenvalue weighted by Gasteiger charge is -2.05. The molecule has 16 heavy (non-hydrogen) atoms. The molecule has 0 aliphatic carbocycles. The van der Waals surface area contributed by atoms with Crippen molar-refractivity contribution in [3.8, 4) is 5.88 Å². The topological polar surface area (TPSA) is 47.5 Å². The number of aromatic nitrogens is 2. The summed E-state index contributed by atoms with van der Waals surface area (Å²) in [6.07, 6.45) is 1.01. The normalized spacial score (nSPS) is 18.8. The molecular weight excluding hydrogens is 211 g/mol. The van der Waals surface area contributed by atoms with Gasteiger partial charge in [0, 0.05) is 11.6 Å². The molecule has 2 aromatic rings. The van der Waals surface area contributed by atoms with Crippen molar-refractivity contribution in [1.29, 1.82) is 0 Å². The van der Waals surface area contributed by atoms with Gasteiger partial charge in [0.1, 0.15) is 17.4 Å². The van der Waals surface area contributed by atoms with Gasteiger partial charge in [-0.2, -0.15) is 0 Å². The monoisotopic (exact) mass is 220 g/mol. The summed E-state index contributed by atoms with van der Waals surface area (Å²) in [5.41, 5.74) is 1.64. The molecule has 0 amide bonds. The van der Waals surface area contributed by atoms with E-state index in [1.54, 1.807) is 12.1 Å². The van der Waals surface area contributed by atoms with Crippen LogP contribution < -0.4 is 4.74 Å². The molecule has 2 aromatic heterocycles. The molecule has 1 aliphatic rings. The van der Waals surface area contributed by atoms with E-state index in [1.165, 1.54) is 13.3 Å². The summed E-state index contributed by atoms with van der Waals surface area (Å²) in [6.45, 7) is 0.537. The largest absolute Gasteiger partial charge is 0.481 e. The van der Waals surface area contributed by atoms with Gasteiger partial charge in [-0.25, -0.2) is 9.37 Å². The molecule has 1 aliphatic heterocycles. The van der Waals surface area contributed by atoms with E-state index in [-0.39, 0.29) is 11.9 Å². The Morgan fingerprint density at radius 3 is 3.00 bits per heavy atom. The first-order valence-electron chi connectivity index (χ1n) is 4.90. The summed E-state index contributed by atoms with van der Waals surface area (Å²) in [6, 6.07) is 3.46. The first-order valence-corrected chi connectivity index (χ1v) is 4.90. The van der Waals surface area contributed by atoms with Crippen LogP contribution in [0.15, 0.2) is 18.3 Å². The molecule has 1 saturated heterocycles. The third kappa shape index (κ3) is 1.40. The zero-order valence-corrected chi connectivity index (χ0v) is 8.61. The van der Waals surface area contributed by atoms with Crippen LogP contribution in [-0.4, -0.2) is 23.7 Å². The minimum Gasteiger partial charge on any atom is -0.481 e. The molecule has 0 radical (unpaired) electrons. The van der Waals surface area contributed by atoms with Crippen molar-refractivity contribution < 1.29 is 13.9 Å². The van der Waals surface area contributed by atoms with E-state index in [1.807, 2.05) is 0 Å². The van der Waals surface area contributed by atoms with Crippen molar-refractivity contribution in [2.45, 2.75) is 6.10 Å². The van der Waals surface area contributed by atoms with Crippen LogP contribution in [0.3, 0.4) is 0 Å². The third-order valence-corrected chi connectivity index (χ3v) is 2.54. The Morgan fingerprint density at radius 2 is 2.31 bits per heavy atom. The van der Waals surface area contributed by atoms with Crippen molar-refractivity contribution in [3.05, 3.63) is 29.7 Å². The van der Waals surface area contributed by atoms with E-state index in [0.717, 1.165) is 0 Å². The molecular formula is C11H9FN2O2. The Morgan fingerprint density at radius 1 is 1.50 bits per heavy atom. The molecule has 3 rings (SSSR count). The van der Waals surface area contributed by atoms with Crippen LogP contribution >= 0.6 is 0 Å². The van der Waals surface area contributed by atoms with E-state index in [2.05, 4.69) is 9.97 Å². The van der Waals surface area contributed by atoms with Crippen molar-refractivity contribution in [2.75, 3.05) is 13.7 Å². The average molecular weight is 220 g/mol. The predicted molar refractivity (Wildman–Crippen MR) is 54.7 cm³/mol. The minimum absolute atomic E-state index is 0.190. The number of halogens is 1. The average Bonchev–Trinajstić information content (AvgIpc) is 3.12. The second-order valence-electron chi connectivity index (χ2n) is 3.56. The Hall–Kier alpha value is -1.75. The number of hydrogen-bond acceptors (Lipinski definition) is 4. The Balaban J connectivity index is 2.30. The maximum atomic E-state index is 13.6. The van der Waals surface area contributed by atoms with Crippen LogP contribution in [0.4, 0.5) is 4.39 Å². The van der Waals surface area contributed by atoms with Crippen LogP contribution in [0, 0.1) is 5.82 Å². The molecule has 4 nitrogen and oxygen atoms in total. The van der Waals surface area contributed by atoms with E-state index >= 15 is 0 Å². The number of fused-ring (bicyclic) bond motifs is 1. The van der Waals surface area contributed by atoms with Crippen LogP contribution in [0.1, 0.15) is 11.7 Å². The van der Waals surface area contributed by atoms with Crippen LogP contribution in [0.5, 0.6) is 5.88 Å². The fourth-order valence-corrected chi connectivity index (χ4v) is 1.68. The van der Waals surface area contributed by atoms with Gasteiger partial charge >= 0.3 is 0 Å². The third-order valence-electron chi connectivity index (χ3n) is 2.54. The highest BCUT2D eigenvalue weighted by Gasteiger charge is 2.31. The molecule has 0 bridgehead atoms. The van der Waals surface area contributed by atoms with Gasteiger partial charge in [0.05, 0.1) is 25.4 Å². The van der Waals surface area contributed by atoms with Crippen LogP contribution in [0.25, 0.3) is 11.0 Å². The second kappa shape index (κ2) is 3.38. The van der Waals surface area contributed by atoms with Gasteiger partial charge < -0.3 is 9.47 Å². The lowest BCUT2D eigenvalue weighted by atomic mass is 10.1. The summed E-state index contributed by atoms with van der Waals surface area (Å²) < 4.78 is 23.7. The molecule has 1 atom stereocenters. The van der Waals surface area contributed by atoms with E-state index < -0.39 is 0 Å². The summed E-state index contributed by atoms with van der Waals surface area (Å²) in [7, 11) is 1.52. The smallest absolute Gasteiger partial charge is 0.213 e. The number of hydrogen-bond donors (Lipinski definition) is 0. The first-order chi connectivity index (χ1) is 7.79. The van der Waals surface area contributed by atoms with Crippen LogP contribution in [-0.2, 0) is 4.74 Å². The second-order valence-corrected chi connectivity index (χ2v) is 3.56. The lowest BCUT2D eigenvalue weighted by molar-refractivity contribution is 0.397. The van der Waals surface area contributed by atoms with Crippen molar-refractivity contribution in [1.82, 2.24) is 9.97 Å². The van der Waals surface area contributed by atoms with Crippen LogP contribution in [0.2, 0.25) is 0 Å². The van der Waals surface area contributed by atoms with E-state index in [0.29, 0.717) is 29.1 Å². The molecule has 82 valence electrons. The van der Waals surface area contributed by atoms with Gasteiger partial charge in [0.25, 0.3) is 0 Å². The lowest BCUT2D eigenvalue weighted by Crippen LogP contribution is -1.97. The molecule has 5 heteroatoms. The molecule has 1 fully saturated rings. The predicted octanol–water partition coefficient (Wildman–Crippen LogP) is 1.85. The maximum absolute atomic E-state index is 13.6. The number of methoxy groups -OCH3 is 1. The molecule has 0 unspecified atom stereocenters. The maximum Gasteiger partial charge on any atom is 0.213 e. The number of nitrogens with zero attached hydrogens (tertiary/aromatic N) is 2. The van der Waals surface area contributed by atoms with Crippen molar-refractivity contribution >= 4 is 11.0 Å². The Bertz CT molecular complexity index is 555.